The largest absolute Gasteiger partial charge is 0.474 e. The van der Waals surface area contributed by atoms with Crippen LogP contribution in [0.2, 0.25) is 10.0 Å². The maximum atomic E-state index is 6.19. The zero-order chi connectivity index (χ0) is 91.3. The number of piperidine rings is 2. The van der Waals surface area contributed by atoms with E-state index in [1.807, 2.05) is 100 Å². The molecule has 7 aliphatic rings. The van der Waals surface area contributed by atoms with Crippen molar-refractivity contribution in [3.8, 4) is 50.9 Å². The molecule has 3 fully saturated rings. The molecule has 3 saturated heterocycles. The van der Waals surface area contributed by atoms with Gasteiger partial charge in [0.25, 0.3) is 0 Å². The van der Waals surface area contributed by atoms with E-state index in [0.29, 0.717) is 76.4 Å². The Morgan fingerprint density at radius 2 is 0.885 bits per heavy atom. The number of nitrogens with one attached hydrogen (secondary N) is 8. The lowest BCUT2D eigenvalue weighted by Gasteiger charge is -2.35. The number of aryl methyl sites for hydroxylation is 6. The number of morpholine rings is 1. The van der Waals surface area contributed by atoms with E-state index in [1.54, 1.807) is 6.20 Å². The molecule has 0 saturated carbocycles. The number of hydrogen-bond acceptors (Lipinski definition) is 27. The first-order valence-corrected chi connectivity index (χ1v) is 46.8. The average Bonchev–Trinajstić information content (AvgIpc) is 1.73. The molecule has 131 heavy (non-hydrogen) atoms. The number of likely N-dealkylation sites (tertiary alicyclic amines) is 2. The third-order valence-electron chi connectivity index (χ3n) is 24.0. The van der Waals surface area contributed by atoms with Crippen molar-refractivity contribution in [3.63, 3.8) is 0 Å². The maximum absolute atomic E-state index is 6.19. The fourth-order valence-electron chi connectivity index (χ4n) is 16.7. The number of nitrogens with zero attached hydrogens (tertiary/aromatic N) is 17. The average molecular weight is 1870 g/mol. The molecule has 7 aliphatic heterocycles. The first kappa shape index (κ1) is 92.8. The van der Waals surface area contributed by atoms with Crippen molar-refractivity contribution in [1.29, 1.82) is 0 Å². The summed E-state index contributed by atoms with van der Waals surface area (Å²) in [4.78, 5) is 70.9. The summed E-state index contributed by atoms with van der Waals surface area (Å²) in [5.41, 5.74) is 26.0. The number of unbranched alkanes of at least 4 members (excludes halogenated alkanes) is 1. The second kappa shape index (κ2) is 42.8. The first-order chi connectivity index (χ1) is 63.3. The Bertz CT molecular complexity index is 6230. The molecule has 0 radical (unpaired) electrons. The van der Waals surface area contributed by atoms with E-state index >= 15 is 0 Å². The van der Waals surface area contributed by atoms with Gasteiger partial charge in [-0.1, -0.05) is 96.3 Å². The number of ether oxygens (including phenoxy) is 2. The quantitative estimate of drug-likeness (QED) is 0.0260. The van der Waals surface area contributed by atoms with Crippen LogP contribution in [0.1, 0.15) is 100 Å². The van der Waals surface area contributed by atoms with Crippen LogP contribution in [0, 0.1) is 34.6 Å². The molecule has 8 aromatic heterocycles. The summed E-state index contributed by atoms with van der Waals surface area (Å²) in [6.07, 6.45) is 22.3. The third kappa shape index (κ3) is 24.3. The third-order valence-corrected chi connectivity index (χ3v) is 25.5. The Morgan fingerprint density at radius 3 is 1.35 bits per heavy atom. The number of halogens is 2. The molecular weight excluding hydrogens is 1760 g/mol. The second-order valence-electron chi connectivity index (χ2n) is 34.5. The molecule has 15 heterocycles. The van der Waals surface area contributed by atoms with E-state index < -0.39 is 0 Å². The number of aromatic nitrogens is 12. The van der Waals surface area contributed by atoms with Gasteiger partial charge in [-0.05, 0) is 235 Å². The lowest BCUT2D eigenvalue weighted by molar-refractivity contribution is 0.0384. The van der Waals surface area contributed by atoms with Crippen molar-refractivity contribution in [1.82, 2.24) is 79.4 Å². The molecule has 0 atom stereocenters. The van der Waals surface area contributed by atoms with Gasteiger partial charge in [-0.25, -0.2) is 49.8 Å². The standard InChI is InChI=1S/C26H31N7S.C25H28N6OS.C24H27ClN6S.C23H23ClN6OS/c1-16-5-6-20-22(13-16)29-24(34)14-18-15-27-26(31-25(18)20)30-21-7-8-23(28-17(21)2)33(4)19-9-11-32(3)12-10-19;1-15-4-5-19-21(12-15)28-23(33)13-17-14-26-25(30-24(17)19)29-20-6-7-22(27-16(20)2)32-18-8-10-31(3)11-9-18;1-15-20(10-8-18(27-15)6-4-5-11-31(2)3)29-24-26-14-16-12-22(32)28-21-13-17(25)7-9-19(21)23(16)30-24;24-17-1-2-19-20(11-17)28-21(32)10-16-13-26-23(29-22(16)19)27-18-9-15(12-25-14-18)3-4-30-5-7-31-8-6-30/h5-8,13,15,19H,9-12,14H2,1-4H3,(H,29,34)(H,27,30,31);4-7,12,14,18H,8-11,13H2,1-3H3,(H,28,33)(H,26,29,30);7-10,13-14H,4-6,11-12H2,1-3H3,(H,28,32)(H,26,29,30);1-2,9,11-14H,3-8,10H2,(H,28,32)(H,26,27,29). The van der Waals surface area contributed by atoms with Gasteiger partial charge in [0, 0.05) is 192 Å². The summed E-state index contributed by atoms with van der Waals surface area (Å²) in [6, 6.07) is 38.8. The van der Waals surface area contributed by atoms with Gasteiger partial charge in [-0.3, -0.25) is 14.9 Å². The lowest BCUT2D eigenvalue weighted by atomic mass is 10.0. The van der Waals surface area contributed by atoms with Crippen molar-refractivity contribution in [2.75, 3.05) is 148 Å². The van der Waals surface area contributed by atoms with Crippen LogP contribution in [0.25, 0.3) is 45.0 Å². The van der Waals surface area contributed by atoms with Crippen LogP contribution < -0.4 is 52.2 Å². The summed E-state index contributed by atoms with van der Waals surface area (Å²) in [5, 5.41) is 27.9. The predicted molar refractivity (Wildman–Crippen MR) is 546 cm³/mol. The Hall–Kier alpha value is -11.5. The van der Waals surface area contributed by atoms with Gasteiger partial charge >= 0.3 is 0 Å². The first-order valence-electron chi connectivity index (χ1n) is 44.4. The zero-order valence-corrected chi connectivity index (χ0v) is 80.2. The van der Waals surface area contributed by atoms with Crippen LogP contribution in [0.4, 0.5) is 75.1 Å². The Kier molecular flexibility index (Phi) is 30.3. The van der Waals surface area contributed by atoms with Crippen molar-refractivity contribution < 1.29 is 9.47 Å². The molecule has 0 amide bonds. The highest BCUT2D eigenvalue weighted by molar-refractivity contribution is 7.81. The maximum Gasteiger partial charge on any atom is 0.227 e. The van der Waals surface area contributed by atoms with Gasteiger partial charge in [-0.2, -0.15) is 0 Å². The minimum Gasteiger partial charge on any atom is -0.474 e. The molecule has 8 N–H and O–H groups in total. The highest BCUT2D eigenvalue weighted by Gasteiger charge is 2.29. The Balaban J connectivity index is 0.000000128. The molecule has 0 spiro atoms. The smallest absolute Gasteiger partial charge is 0.227 e. The number of hydrogen-bond donors (Lipinski definition) is 8. The van der Waals surface area contributed by atoms with Gasteiger partial charge in [-0.15, -0.1) is 0 Å². The predicted octanol–water partition coefficient (Wildman–Crippen LogP) is 18.9. The number of rotatable bonds is 20. The topological polar surface area (TPSA) is 286 Å². The molecule has 27 nitrogen and oxygen atoms in total. The van der Waals surface area contributed by atoms with Crippen molar-refractivity contribution in [2.45, 2.75) is 124 Å². The van der Waals surface area contributed by atoms with Crippen molar-refractivity contribution >= 4 is 167 Å². The van der Waals surface area contributed by atoms with Crippen LogP contribution >= 0.6 is 72.1 Å². The minimum atomic E-state index is 0.225. The summed E-state index contributed by atoms with van der Waals surface area (Å²) in [5.74, 6) is 3.80. The van der Waals surface area contributed by atoms with Crippen LogP contribution in [0.3, 0.4) is 0 Å². The monoisotopic (exact) mass is 1870 g/mol. The minimum absolute atomic E-state index is 0.225. The summed E-state index contributed by atoms with van der Waals surface area (Å²) in [7, 11) is 10.7. The fraction of sp³-hybridized carbons (Fsp3) is 0.347. The molecule has 0 unspecified atom stereocenters. The summed E-state index contributed by atoms with van der Waals surface area (Å²) in [6.45, 7) is 20.2. The number of fused-ring (bicyclic) bond motifs is 12. The number of benzene rings is 4. The van der Waals surface area contributed by atoms with E-state index in [1.165, 1.54) is 23.1 Å². The number of thiocarbonyl (C=S) groups is 4. The van der Waals surface area contributed by atoms with E-state index in [2.05, 4.69) is 213 Å². The fourth-order valence-corrected chi connectivity index (χ4v) is 18.2. The van der Waals surface area contributed by atoms with Crippen LogP contribution in [0.5, 0.6) is 5.88 Å². The zero-order valence-electron chi connectivity index (χ0n) is 75.5. The Morgan fingerprint density at radius 1 is 0.450 bits per heavy atom. The number of anilines is 13. The number of pyridine rings is 4. The van der Waals surface area contributed by atoms with E-state index in [9.17, 15) is 0 Å². The highest BCUT2D eigenvalue weighted by atomic mass is 35.5. The van der Waals surface area contributed by atoms with Crippen molar-refractivity contribution in [3.05, 3.63) is 224 Å². The molecule has 12 aromatic rings. The van der Waals surface area contributed by atoms with E-state index in [-0.39, 0.29) is 6.10 Å². The van der Waals surface area contributed by atoms with Gasteiger partial charge in [0.15, 0.2) is 0 Å². The van der Waals surface area contributed by atoms with Crippen LogP contribution in [-0.4, -0.2) is 212 Å². The molecule has 4 aromatic carbocycles. The van der Waals surface area contributed by atoms with Crippen LogP contribution in [0.15, 0.2) is 152 Å². The van der Waals surface area contributed by atoms with Gasteiger partial charge in [0.1, 0.15) is 11.9 Å². The molecular formula is C98H109Cl2N25O2S4. The van der Waals surface area contributed by atoms with Crippen molar-refractivity contribution in [2.24, 2.45) is 0 Å². The van der Waals surface area contributed by atoms with E-state index in [0.717, 1.165) is 267 Å². The second-order valence-corrected chi connectivity index (χ2v) is 37.3. The molecule has 19 rings (SSSR count). The van der Waals surface area contributed by atoms with Gasteiger partial charge in [0.2, 0.25) is 29.7 Å². The Labute approximate surface area is 797 Å². The molecule has 676 valence electrons. The van der Waals surface area contributed by atoms with Gasteiger partial charge < -0.3 is 71.6 Å². The normalized spacial score (nSPS) is 15.4. The molecule has 0 aliphatic carbocycles. The lowest BCUT2D eigenvalue weighted by Crippen LogP contribution is -2.42. The highest BCUT2D eigenvalue weighted by Crippen LogP contribution is 2.41. The van der Waals surface area contributed by atoms with E-state index in [4.69, 9.17) is 111 Å². The van der Waals surface area contributed by atoms with Gasteiger partial charge in [0.05, 0.1) is 102 Å². The SMILES string of the molecule is Cc1ccc2c(c1)NC(=S)Cc1cnc(Nc3ccc(N(C)C4CCN(C)CC4)nc3C)nc1-2.Cc1ccc2c(c1)NC(=S)Cc1cnc(Nc3ccc(OC4CCN(C)CC4)nc3C)nc1-2.Cc1nc(CCCCN(C)C)ccc1Nc1ncc2c(n1)-c1ccc(Cl)cc1NC(=S)C2.S=C1Cc2cnc(Nc3cncc(CCN4CCOCC4)c3)nc2-c2ccc(Cl)cc2N1. The van der Waals surface area contributed by atoms with Crippen LogP contribution in [-0.2, 0) is 43.3 Å². The summed E-state index contributed by atoms with van der Waals surface area (Å²) >= 11 is 34.4. The molecule has 33 heteroatoms. The summed E-state index contributed by atoms with van der Waals surface area (Å²) < 4.78 is 11.5. The molecule has 0 bridgehead atoms.